The molecule has 3 aromatic rings. The van der Waals surface area contributed by atoms with Crippen LogP contribution in [0.4, 0.5) is 5.69 Å². The Morgan fingerprint density at radius 3 is 2.56 bits per heavy atom. The Bertz CT molecular complexity index is 1190. The molecule has 34 heavy (non-hydrogen) atoms. The fourth-order valence-electron chi connectivity index (χ4n) is 3.91. The van der Waals surface area contributed by atoms with Gasteiger partial charge in [-0.15, -0.1) is 0 Å². The zero-order chi connectivity index (χ0) is 23.9. The Hall–Kier alpha value is -4.13. The molecule has 0 bridgehead atoms. The molecule has 0 fully saturated rings. The molecular formula is C27H27N3O4. The predicted octanol–water partition coefficient (Wildman–Crippen LogP) is 4.49. The fraction of sp³-hybridized carbons (Fsp3) is 0.222. The monoisotopic (exact) mass is 457 g/mol. The molecule has 4 rings (SSSR count). The number of hydrogen-bond acceptors (Lipinski definition) is 5. The summed E-state index contributed by atoms with van der Waals surface area (Å²) in [6.07, 6.45) is 0.713. The summed E-state index contributed by atoms with van der Waals surface area (Å²) in [6.45, 7) is 2.90. The van der Waals surface area contributed by atoms with Gasteiger partial charge in [-0.3, -0.25) is 19.7 Å². The highest BCUT2D eigenvalue weighted by molar-refractivity contribution is 5.99. The number of carbonyl (C=O) groups excluding carboxylic acids is 3. The van der Waals surface area contributed by atoms with Crippen molar-refractivity contribution in [1.29, 1.82) is 0 Å². The average molecular weight is 458 g/mol. The minimum Gasteiger partial charge on any atom is -0.457 e. The number of hydrogen-bond donors (Lipinski definition) is 2. The van der Waals surface area contributed by atoms with Crippen molar-refractivity contribution < 1.29 is 19.1 Å². The van der Waals surface area contributed by atoms with Gasteiger partial charge in [-0.2, -0.15) is 0 Å². The molecule has 2 N–H and O–H groups in total. The van der Waals surface area contributed by atoms with Crippen molar-refractivity contribution in [3.05, 3.63) is 89.5 Å². The van der Waals surface area contributed by atoms with Crippen LogP contribution in [-0.4, -0.2) is 29.2 Å². The highest BCUT2D eigenvalue weighted by Gasteiger charge is 2.27. The standard InChI is InChI=1S/C27H27N3O4/c1-19(31)29-26(32)11-6-14-30-18-21-16-22(12-13-25(21)27(30)33)28-17-20-7-5-10-24(15-20)34-23-8-3-2-4-9-23/h2-5,7-10,12-13,15-16,28H,6,11,14,17-18H2,1H3,(H,29,31,32). The zero-order valence-corrected chi connectivity index (χ0v) is 19.0. The van der Waals surface area contributed by atoms with Crippen molar-refractivity contribution >= 4 is 23.4 Å². The lowest BCUT2D eigenvalue weighted by atomic mass is 10.1. The van der Waals surface area contributed by atoms with E-state index in [1.807, 2.05) is 72.8 Å². The molecular weight excluding hydrogens is 430 g/mol. The number of anilines is 1. The van der Waals surface area contributed by atoms with E-state index in [9.17, 15) is 14.4 Å². The highest BCUT2D eigenvalue weighted by Crippen LogP contribution is 2.27. The third-order valence-electron chi connectivity index (χ3n) is 5.51. The Morgan fingerprint density at radius 2 is 1.76 bits per heavy atom. The summed E-state index contributed by atoms with van der Waals surface area (Å²) in [4.78, 5) is 37.0. The molecule has 3 aromatic carbocycles. The fourth-order valence-corrected chi connectivity index (χ4v) is 3.91. The second-order valence-corrected chi connectivity index (χ2v) is 8.22. The first-order chi connectivity index (χ1) is 16.5. The summed E-state index contributed by atoms with van der Waals surface area (Å²) in [6, 6.07) is 23.3. The SMILES string of the molecule is CC(=O)NC(=O)CCCN1Cc2cc(NCc3cccc(Oc4ccccc4)c3)ccc2C1=O. The first-order valence-corrected chi connectivity index (χ1v) is 11.3. The van der Waals surface area contributed by atoms with Crippen LogP contribution in [0, 0.1) is 0 Å². The van der Waals surface area contributed by atoms with Crippen LogP contribution in [0.3, 0.4) is 0 Å². The van der Waals surface area contributed by atoms with E-state index in [-0.39, 0.29) is 24.1 Å². The van der Waals surface area contributed by atoms with Gasteiger partial charge < -0.3 is 15.0 Å². The van der Waals surface area contributed by atoms with Crippen LogP contribution in [-0.2, 0) is 22.7 Å². The molecule has 0 saturated carbocycles. The average Bonchev–Trinajstić information content (AvgIpc) is 3.13. The maximum atomic E-state index is 12.7. The van der Waals surface area contributed by atoms with Crippen LogP contribution < -0.4 is 15.4 Å². The number of ether oxygens (including phenoxy) is 1. The number of nitrogens with one attached hydrogen (secondary N) is 2. The normalized spacial score (nSPS) is 12.3. The molecule has 1 heterocycles. The third-order valence-corrected chi connectivity index (χ3v) is 5.51. The summed E-state index contributed by atoms with van der Waals surface area (Å²) < 4.78 is 5.91. The smallest absolute Gasteiger partial charge is 0.254 e. The molecule has 0 radical (unpaired) electrons. The topological polar surface area (TPSA) is 87.7 Å². The van der Waals surface area contributed by atoms with Crippen LogP contribution in [0.5, 0.6) is 11.5 Å². The Balaban J connectivity index is 1.31. The first kappa shape index (κ1) is 23.0. The van der Waals surface area contributed by atoms with Crippen LogP contribution in [0.25, 0.3) is 0 Å². The second kappa shape index (κ2) is 10.7. The van der Waals surface area contributed by atoms with E-state index in [1.54, 1.807) is 4.90 Å². The Kier molecular flexibility index (Phi) is 7.22. The van der Waals surface area contributed by atoms with Crippen LogP contribution in [0.15, 0.2) is 72.8 Å². The molecule has 3 amide bonds. The lowest BCUT2D eigenvalue weighted by Gasteiger charge is -2.14. The third kappa shape index (κ3) is 6.01. The minimum absolute atomic E-state index is 0.0284. The van der Waals surface area contributed by atoms with Crippen molar-refractivity contribution in [3.8, 4) is 11.5 Å². The van der Waals surface area contributed by atoms with Gasteiger partial charge in [0.15, 0.2) is 0 Å². The van der Waals surface area contributed by atoms with E-state index < -0.39 is 0 Å². The molecule has 7 heteroatoms. The summed E-state index contributed by atoms with van der Waals surface area (Å²) in [5, 5.41) is 5.67. The van der Waals surface area contributed by atoms with Crippen LogP contribution in [0.1, 0.15) is 41.3 Å². The molecule has 174 valence electrons. The van der Waals surface area contributed by atoms with Crippen molar-refractivity contribution in [2.75, 3.05) is 11.9 Å². The first-order valence-electron chi connectivity index (χ1n) is 11.3. The van der Waals surface area contributed by atoms with Gasteiger partial charge in [-0.05, 0) is 60.0 Å². The van der Waals surface area contributed by atoms with Gasteiger partial charge in [0.25, 0.3) is 5.91 Å². The van der Waals surface area contributed by atoms with Gasteiger partial charge >= 0.3 is 0 Å². The summed E-state index contributed by atoms with van der Waals surface area (Å²) >= 11 is 0. The van der Waals surface area contributed by atoms with Gasteiger partial charge in [-0.25, -0.2) is 0 Å². The van der Waals surface area contributed by atoms with Gasteiger partial charge in [-0.1, -0.05) is 30.3 Å². The maximum absolute atomic E-state index is 12.7. The Labute approximate surface area is 198 Å². The Morgan fingerprint density at radius 1 is 0.971 bits per heavy atom. The predicted molar refractivity (Wildman–Crippen MR) is 130 cm³/mol. The molecule has 0 spiro atoms. The molecule has 7 nitrogen and oxygen atoms in total. The number of rotatable bonds is 9. The van der Waals surface area contributed by atoms with Crippen molar-refractivity contribution in [2.45, 2.75) is 32.9 Å². The van der Waals surface area contributed by atoms with E-state index in [4.69, 9.17) is 4.74 Å². The highest BCUT2D eigenvalue weighted by atomic mass is 16.5. The van der Waals surface area contributed by atoms with Crippen molar-refractivity contribution in [3.63, 3.8) is 0 Å². The lowest BCUT2D eigenvalue weighted by molar-refractivity contribution is -0.129. The molecule has 0 aromatic heterocycles. The van der Waals surface area contributed by atoms with E-state index in [1.165, 1.54) is 6.92 Å². The largest absolute Gasteiger partial charge is 0.457 e. The number of benzene rings is 3. The van der Waals surface area contributed by atoms with E-state index in [2.05, 4.69) is 10.6 Å². The number of amides is 3. The molecule has 0 aliphatic carbocycles. The minimum atomic E-state index is -0.370. The maximum Gasteiger partial charge on any atom is 0.254 e. The summed E-state index contributed by atoms with van der Waals surface area (Å²) in [5.41, 5.74) is 3.67. The quantitative estimate of drug-likeness (QED) is 0.494. The summed E-state index contributed by atoms with van der Waals surface area (Å²) in [7, 11) is 0. The number of para-hydroxylation sites is 1. The zero-order valence-electron chi connectivity index (χ0n) is 19.0. The van der Waals surface area contributed by atoms with Crippen LogP contribution >= 0.6 is 0 Å². The molecule has 0 saturated heterocycles. The van der Waals surface area contributed by atoms with Gasteiger partial charge in [0.05, 0.1) is 0 Å². The van der Waals surface area contributed by atoms with Crippen LogP contribution in [0.2, 0.25) is 0 Å². The number of carbonyl (C=O) groups is 3. The van der Waals surface area contributed by atoms with Crippen molar-refractivity contribution in [2.24, 2.45) is 0 Å². The molecule has 0 atom stereocenters. The number of nitrogens with zero attached hydrogens (tertiary/aromatic N) is 1. The number of imide groups is 1. The van der Waals surface area contributed by atoms with E-state index in [0.717, 1.165) is 28.3 Å². The van der Waals surface area contributed by atoms with E-state index in [0.29, 0.717) is 31.6 Å². The van der Waals surface area contributed by atoms with E-state index >= 15 is 0 Å². The molecule has 1 aliphatic rings. The number of fused-ring (bicyclic) bond motifs is 1. The van der Waals surface area contributed by atoms with Gasteiger partial charge in [0, 0.05) is 44.2 Å². The summed E-state index contributed by atoms with van der Waals surface area (Å²) in [5.74, 6) is 0.850. The second-order valence-electron chi connectivity index (χ2n) is 8.22. The van der Waals surface area contributed by atoms with Gasteiger partial charge in [0.1, 0.15) is 11.5 Å². The molecule has 1 aliphatic heterocycles. The van der Waals surface area contributed by atoms with Gasteiger partial charge in [0.2, 0.25) is 11.8 Å². The molecule has 0 unspecified atom stereocenters. The lowest BCUT2D eigenvalue weighted by Crippen LogP contribution is -2.30. The van der Waals surface area contributed by atoms with Crippen molar-refractivity contribution in [1.82, 2.24) is 10.2 Å².